The minimum atomic E-state index is -0.111. The molecule has 2 aromatic rings. The molecule has 0 aliphatic heterocycles. The van der Waals surface area contributed by atoms with Crippen molar-refractivity contribution < 1.29 is 9.53 Å². The highest BCUT2D eigenvalue weighted by Crippen LogP contribution is 2.26. The van der Waals surface area contributed by atoms with E-state index in [-0.39, 0.29) is 5.91 Å². The molecule has 0 unspecified atom stereocenters. The number of hydrogen-bond acceptors (Lipinski definition) is 3. The lowest BCUT2D eigenvalue weighted by Gasteiger charge is -2.09. The number of carbonyl (C=O) groups is 1. The van der Waals surface area contributed by atoms with Crippen LogP contribution >= 0.6 is 0 Å². The van der Waals surface area contributed by atoms with E-state index in [0.29, 0.717) is 17.2 Å². The molecule has 98 valence electrons. The summed E-state index contributed by atoms with van der Waals surface area (Å²) in [7, 11) is 0. The Morgan fingerprint density at radius 1 is 1.16 bits per heavy atom. The van der Waals surface area contributed by atoms with E-state index in [9.17, 15) is 4.79 Å². The van der Waals surface area contributed by atoms with Gasteiger partial charge in [0.25, 0.3) is 0 Å². The van der Waals surface area contributed by atoms with Gasteiger partial charge in [0.1, 0.15) is 11.5 Å². The first-order valence-electron chi connectivity index (χ1n) is 5.96. The Bertz CT molecular complexity index is 609. The summed E-state index contributed by atoms with van der Waals surface area (Å²) < 4.78 is 5.73. The van der Waals surface area contributed by atoms with Gasteiger partial charge in [-0.15, -0.1) is 0 Å². The predicted octanol–water partition coefficient (Wildman–Crippen LogP) is 3.33. The third-order valence-electron chi connectivity index (χ3n) is 2.63. The van der Waals surface area contributed by atoms with Gasteiger partial charge in [-0.1, -0.05) is 6.07 Å². The van der Waals surface area contributed by atoms with Crippen LogP contribution in [0.2, 0.25) is 0 Å². The molecule has 2 aromatic carbocycles. The monoisotopic (exact) mass is 256 g/mol. The number of benzene rings is 2. The summed E-state index contributed by atoms with van der Waals surface area (Å²) in [6, 6.07) is 12.7. The van der Waals surface area contributed by atoms with Crippen LogP contribution in [0.5, 0.6) is 11.5 Å². The van der Waals surface area contributed by atoms with Crippen LogP contribution in [0.15, 0.2) is 42.5 Å². The van der Waals surface area contributed by atoms with Gasteiger partial charge in [0.15, 0.2) is 0 Å². The minimum absolute atomic E-state index is 0.111. The number of rotatable bonds is 3. The van der Waals surface area contributed by atoms with E-state index in [0.717, 1.165) is 11.3 Å². The zero-order chi connectivity index (χ0) is 13.8. The SMILES string of the molecule is CC(=O)Nc1cccc(Oc2ccc(N)c(C)c2)c1. The molecule has 4 heteroatoms. The Morgan fingerprint density at radius 3 is 2.58 bits per heavy atom. The first kappa shape index (κ1) is 13.0. The van der Waals surface area contributed by atoms with Crippen LogP contribution in [-0.2, 0) is 4.79 Å². The molecule has 1 amide bonds. The predicted molar refractivity (Wildman–Crippen MR) is 76.4 cm³/mol. The summed E-state index contributed by atoms with van der Waals surface area (Å²) in [5.41, 5.74) is 8.17. The summed E-state index contributed by atoms with van der Waals surface area (Å²) in [5.74, 6) is 1.27. The van der Waals surface area contributed by atoms with Gasteiger partial charge in [0.05, 0.1) is 0 Å². The van der Waals surface area contributed by atoms with E-state index in [2.05, 4.69) is 5.32 Å². The molecule has 0 bridgehead atoms. The highest BCUT2D eigenvalue weighted by atomic mass is 16.5. The molecular weight excluding hydrogens is 240 g/mol. The Hall–Kier alpha value is -2.49. The summed E-state index contributed by atoms with van der Waals surface area (Å²) in [4.78, 5) is 11.0. The van der Waals surface area contributed by atoms with Crippen LogP contribution in [0.25, 0.3) is 0 Å². The number of aryl methyl sites for hydroxylation is 1. The zero-order valence-electron chi connectivity index (χ0n) is 10.9. The number of ether oxygens (including phenoxy) is 1. The van der Waals surface area contributed by atoms with Crippen LogP contribution in [0.4, 0.5) is 11.4 Å². The lowest BCUT2D eigenvalue weighted by atomic mass is 10.2. The topological polar surface area (TPSA) is 64.3 Å². The first-order chi connectivity index (χ1) is 9.04. The van der Waals surface area contributed by atoms with E-state index in [1.165, 1.54) is 6.92 Å². The van der Waals surface area contributed by atoms with Gasteiger partial charge in [-0.05, 0) is 42.8 Å². The van der Waals surface area contributed by atoms with Gasteiger partial charge in [-0.2, -0.15) is 0 Å². The fourth-order valence-electron chi connectivity index (χ4n) is 1.69. The second kappa shape index (κ2) is 5.44. The van der Waals surface area contributed by atoms with Gasteiger partial charge in [0.2, 0.25) is 5.91 Å². The Kier molecular flexibility index (Phi) is 3.71. The number of amides is 1. The molecule has 0 saturated heterocycles. The normalized spacial score (nSPS) is 10.0. The lowest BCUT2D eigenvalue weighted by molar-refractivity contribution is -0.114. The van der Waals surface area contributed by atoms with Gasteiger partial charge in [-0.25, -0.2) is 0 Å². The second-order valence-corrected chi connectivity index (χ2v) is 4.33. The molecule has 19 heavy (non-hydrogen) atoms. The van der Waals surface area contributed by atoms with Crippen molar-refractivity contribution in [1.82, 2.24) is 0 Å². The maximum absolute atomic E-state index is 11.0. The summed E-state index contributed by atoms with van der Waals surface area (Å²) in [6.45, 7) is 3.40. The van der Waals surface area contributed by atoms with Crippen molar-refractivity contribution >= 4 is 17.3 Å². The van der Waals surface area contributed by atoms with Crippen LogP contribution < -0.4 is 15.8 Å². The number of nitrogen functional groups attached to an aromatic ring is 1. The molecule has 0 aliphatic carbocycles. The quantitative estimate of drug-likeness (QED) is 0.828. The molecule has 3 N–H and O–H groups in total. The Labute approximate surface area is 112 Å². The molecule has 0 fully saturated rings. The first-order valence-corrected chi connectivity index (χ1v) is 5.96. The Morgan fingerprint density at radius 2 is 1.89 bits per heavy atom. The van der Waals surface area contributed by atoms with E-state index in [1.807, 2.05) is 43.3 Å². The van der Waals surface area contributed by atoms with Crippen molar-refractivity contribution in [2.24, 2.45) is 0 Å². The second-order valence-electron chi connectivity index (χ2n) is 4.33. The highest BCUT2D eigenvalue weighted by Gasteiger charge is 2.02. The van der Waals surface area contributed by atoms with Gasteiger partial charge in [0, 0.05) is 24.4 Å². The fourth-order valence-corrected chi connectivity index (χ4v) is 1.69. The van der Waals surface area contributed by atoms with E-state index < -0.39 is 0 Å². The van der Waals surface area contributed by atoms with Crippen LogP contribution in [0.3, 0.4) is 0 Å². The molecule has 0 aromatic heterocycles. The fraction of sp³-hybridized carbons (Fsp3) is 0.133. The number of anilines is 2. The van der Waals surface area contributed by atoms with Crippen LogP contribution in [-0.4, -0.2) is 5.91 Å². The van der Waals surface area contributed by atoms with Crippen molar-refractivity contribution in [3.05, 3.63) is 48.0 Å². The summed E-state index contributed by atoms with van der Waals surface area (Å²) in [6.07, 6.45) is 0. The molecule has 0 atom stereocenters. The van der Waals surface area contributed by atoms with Crippen LogP contribution in [0.1, 0.15) is 12.5 Å². The van der Waals surface area contributed by atoms with E-state index >= 15 is 0 Å². The van der Waals surface area contributed by atoms with Crippen molar-refractivity contribution in [1.29, 1.82) is 0 Å². The smallest absolute Gasteiger partial charge is 0.221 e. The maximum atomic E-state index is 11.0. The molecule has 0 spiro atoms. The van der Waals surface area contributed by atoms with Crippen LogP contribution in [0, 0.1) is 6.92 Å². The molecule has 0 aliphatic rings. The molecule has 4 nitrogen and oxygen atoms in total. The van der Waals surface area contributed by atoms with Crippen molar-refractivity contribution in [2.45, 2.75) is 13.8 Å². The molecule has 2 rings (SSSR count). The molecule has 0 heterocycles. The molecule has 0 radical (unpaired) electrons. The standard InChI is InChI=1S/C15H16N2O2/c1-10-8-14(6-7-15(10)16)19-13-5-3-4-12(9-13)17-11(2)18/h3-9H,16H2,1-2H3,(H,17,18). The maximum Gasteiger partial charge on any atom is 0.221 e. The zero-order valence-corrected chi connectivity index (χ0v) is 10.9. The van der Waals surface area contributed by atoms with Gasteiger partial charge < -0.3 is 15.8 Å². The number of nitrogens with one attached hydrogen (secondary N) is 1. The van der Waals surface area contributed by atoms with E-state index in [1.54, 1.807) is 6.07 Å². The Balaban J connectivity index is 2.18. The average Bonchev–Trinajstić information content (AvgIpc) is 2.33. The highest BCUT2D eigenvalue weighted by molar-refractivity contribution is 5.88. The number of carbonyl (C=O) groups excluding carboxylic acids is 1. The number of nitrogens with two attached hydrogens (primary N) is 1. The average molecular weight is 256 g/mol. The molecule has 0 saturated carbocycles. The molecular formula is C15H16N2O2. The van der Waals surface area contributed by atoms with Crippen molar-refractivity contribution in [3.63, 3.8) is 0 Å². The van der Waals surface area contributed by atoms with E-state index in [4.69, 9.17) is 10.5 Å². The van der Waals surface area contributed by atoms with Crippen molar-refractivity contribution in [2.75, 3.05) is 11.1 Å². The van der Waals surface area contributed by atoms with Gasteiger partial charge >= 0.3 is 0 Å². The van der Waals surface area contributed by atoms with Gasteiger partial charge in [-0.3, -0.25) is 4.79 Å². The third-order valence-corrected chi connectivity index (χ3v) is 2.63. The lowest BCUT2D eigenvalue weighted by Crippen LogP contribution is -2.05. The third kappa shape index (κ3) is 3.48. The minimum Gasteiger partial charge on any atom is -0.457 e. The van der Waals surface area contributed by atoms with Crippen molar-refractivity contribution in [3.8, 4) is 11.5 Å². The number of hydrogen-bond donors (Lipinski definition) is 2. The summed E-state index contributed by atoms with van der Waals surface area (Å²) >= 11 is 0. The summed E-state index contributed by atoms with van der Waals surface area (Å²) in [5, 5.41) is 2.71. The largest absolute Gasteiger partial charge is 0.457 e.